The molecule has 0 aliphatic heterocycles. The molecule has 2 N–H and O–H groups in total. The molecule has 6 heteroatoms. The van der Waals surface area contributed by atoms with Gasteiger partial charge in [0.1, 0.15) is 0 Å². The Hall–Kier alpha value is -1.82. The van der Waals surface area contributed by atoms with Gasteiger partial charge in [0.2, 0.25) is 0 Å². The highest BCUT2D eigenvalue weighted by Gasteiger charge is 2.33. The predicted molar refractivity (Wildman–Crippen MR) is 70.5 cm³/mol. The van der Waals surface area contributed by atoms with Crippen molar-refractivity contribution in [2.75, 3.05) is 0 Å². The van der Waals surface area contributed by atoms with Gasteiger partial charge in [-0.3, -0.25) is 0 Å². The van der Waals surface area contributed by atoms with Gasteiger partial charge in [0.25, 0.3) is 0 Å². The SMILES string of the molecule is Cc1ccc(-n2cncc2C(C)(C)N)cc1C(F)(F)F. The molecule has 1 aromatic carbocycles. The summed E-state index contributed by atoms with van der Waals surface area (Å²) < 4.78 is 40.4. The van der Waals surface area contributed by atoms with Crippen molar-refractivity contribution in [1.82, 2.24) is 9.55 Å². The molecular formula is C14H16F3N3. The number of nitrogens with zero attached hydrogens (tertiary/aromatic N) is 2. The highest BCUT2D eigenvalue weighted by atomic mass is 19.4. The lowest BCUT2D eigenvalue weighted by Crippen LogP contribution is -2.31. The van der Waals surface area contributed by atoms with Gasteiger partial charge < -0.3 is 10.3 Å². The quantitative estimate of drug-likeness (QED) is 0.918. The molecule has 0 radical (unpaired) electrons. The molecule has 1 aromatic heterocycles. The maximum atomic E-state index is 13.0. The lowest BCUT2D eigenvalue weighted by atomic mass is 10.0. The third-order valence-electron chi connectivity index (χ3n) is 3.10. The predicted octanol–water partition coefficient (Wildman–Crippen LogP) is 3.39. The fourth-order valence-electron chi connectivity index (χ4n) is 2.04. The zero-order chi connectivity index (χ0) is 15.1. The van der Waals surface area contributed by atoms with Crippen LogP contribution in [0.1, 0.15) is 30.7 Å². The van der Waals surface area contributed by atoms with E-state index in [2.05, 4.69) is 4.98 Å². The first kappa shape index (κ1) is 14.6. The largest absolute Gasteiger partial charge is 0.416 e. The van der Waals surface area contributed by atoms with Crippen molar-refractivity contribution in [2.45, 2.75) is 32.5 Å². The van der Waals surface area contributed by atoms with Gasteiger partial charge in [-0.05, 0) is 38.5 Å². The summed E-state index contributed by atoms with van der Waals surface area (Å²) in [6.07, 6.45) is -1.35. The smallest absolute Gasteiger partial charge is 0.321 e. The Bertz CT molecular complexity index is 621. The van der Waals surface area contributed by atoms with Crippen LogP contribution in [0.3, 0.4) is 0 Å². The molecule has 20 heavy (non-hydrogen) atoms. The molecular weight excluding hydrogens is 267 g/mol. The molecule has 0 unspecified atom stereocenters. The van der Waals surface area contributed by atoms with E-state index in [0.29, 0.717) is 11.4 Å². The van der Waals surface area contributed by atoms with Crippen LogP contribution in [0.25, 0.3) is 5.69 Å². The number of aryl methyl sites for hydroxylation is 1. The maximum absolute atomic E-state index is 13.0. The summed E-state index contributed by atoms with van der Waals surface area (Å²) in [5.41, 5.74) is 5.90. The molecule has 2 rings (SSSR count). The van der Waals surface area contributed by atoms with Crippen molar-refractivity contribution in [1.29, 1.82) is 0 Å². The molecule has 3 nitrogen and oxygen atoms in total. The Balaban J connectivity index is 2.58. The standard InChI is InChI=1S/C14H16F3N3/c1-9-4-5-10(6-11(9)14(15,16)17)20-8-19-7-12(20)13(2,3)18/h4-8H,18H2,1-3H3. The summed E-state index contributed by atoms with van der Waals surface area (Å²) in [4.78, 5) is 3.98. The number of rotatable bonds is 2. The number of halogens is 3. The number of hydrogen-bond donors (Lipinski definition) is 1. The van der Waals surface area contributed by atoms with Crippen LogP contribution in [0, 0.1) is 6.92 Å². The van der Waals surface area contributed by atoms with E-state index in [0.717, 1.165) is 6.07 Å². The monoisotopic (exact) mass is 283 g/mol. The Kier molecular flexibility index (Phi) is 3.37. The molecule has 0 aliphatic carbocycles. The van der Waals surface area contributed by atoms with E-state index in [-0.39, 0.29) is 5.56 Å². The second kappa shape index (κ2) is 4.63. The van der Waals surface area contributed by atoms with Gasteiger partial charge in [-0.2, -0.15) is 13.2 Å². The summed E-state index contributed by atoms with van der Waals surface area (Å²) in [5.74, 6) is 0. The Morgan fingerprint density at radius 2 is 1.85 bits per heavy atom. The molecule has 0 saturated carbocycles. The van der Waals surface area contributed by atoms with Gasteiger partial charge in [0, 0.05) is 5.69 Å². The first-order chi connectivity index (χ1) is 9.10. The van der Waals surface area contributed by atoms with Crippen LogP contribution in [-0.2, 0) is 11.7 Å². The molecule has 0 aliphatic rings. The first-order valence-corrected chi connectivity index (χ1v) is 6.10. The summed E-state index contributed by atoms with van der Waals surface area (Å²) in [6.45, 7) is 4.99. The third-order valence-corrected chi connectivity index (χ3v) is 3.10. The zero-order valence-electron chi connectivity index (χ0n) is 11.5. The summed E-state index contributed by atoms with van der Waals surface area (Å²) >= 11 is 0. The molecule has 0 bridgehead atoms. The van der Waals surface area contributed by atoms with Gasteiger partial charge in [0.15, 0.2) is 0 Å². The van der Waals surface area contributed by atoms with E-state index in [1.807, 2.05) is 0 Å². The van der Waals surface area contributed by atoms with Crippen LogP contribution >= 0.6 is 0 Å². The lowest BCUT2D eigenvalue weighted by molar-refractivity contribution is -0.138. The van der Waals surface area contributed by atoms with Crippen molar-refractivity contribution in [3.8, 4) is 5.69 Å². The first-order valence-electron chi connectivity index (χ1n) is 6.10. The number of nitrogens with two attached hydrogens (primary N) is 1. The number of benzene rings is 1. The topological polar surface area (TPSA) is 43.8 Å². The van der Waals surface area contributed by atoms with Gasteiger partial charge >= 0.3 is 6.18 Å². The summed E-state index contributed by atoms with van der Waals surface area (Å²) in [5, 5.41) is 0. The van der Waals surface area contributed by atoms with E-state index in [9.17, 15) is 13.2 Å². The van der Waals surface area contributed by atoms with E-state index in [1.165, 1.54) is 19.3 Å². The van der Waals surface area contributed by atoms with Crippen molar-refractivity contribution >= 4 is 0 Å². The molecule has 0 atom stereocenters. The molecule has 0 fully saturated rings. The normalized spacial score (nSPS) is 12.8. The number of aromatic nitrogens is 2. The van der Waals surface area contributed by atoms with Crippen LogP contribution in [0.2, 0.25) is 0 Å². The van der Waals surface area contributed by atoms with Gasteiger partial charge in [-0.15, -0.1) is 0 Å². The molecule has 0 saturated heterocycles. The summed E-state index contributed by atoms with van der Waals surface area (Å²) in [7, 11) is 0. The summed E-state index contributed by atoms with van der Waals surface area (Å²) in [6, 6.07) is 4.19. The highest BCUT2D eigenvalue weighted by Crippen LogP contribution is 2.33. The van der Waals surface area contributed by atoms with Crippen molar-refractivity contribution in [3.05, 3.63) is 47.5 Å². The minimum Gasteiger partial charge on any atom is -0.321 e. The van der Waals surface area contributed by atoms with Crippen molar-refractivity contribution in [2.24, 2.45) is 5.73 Å². The van der Waals surface area contributed by atoms with Crippen LogP contribution in [0.5, 0.6) is 0 Å². The molecule has 0 amide bonds. The fourth-order valence-corrected chi connectivity index (χ4v) is 2.04. The highest BCUT2D eigenvalue weighted by molar-refractivity contribution is 5.43. The Labute approximate surface area is 115 Å². The number of hydrogen-bond acceptors (Lipinski definition) is 2. The van der Waals surface area contributed by atoms with E-state index in [1.54, 1.807) is 30.7 Å². The molecule has 1 heterocycles. The van der Waals surface area contributed by atoms with Crippen LogP contribution in [0.15, 0.2) is 30.7 Å². The average molecular weight is 283 g/mol. The number of alkyl halides is 3. The van der Waals surface area contributed by atoms with Crippen molar-refractivity contribution in [3.63, 3.8) is 0 Å². The van der Waals surface area contributed by atoms with Gasteiger partial charge in [0.05, 0.1) is 29.3 Å². The van der Waals surface area contributed by atoms with E-state index >= 15 is 0 Å². The lowest BCUT2D eigenvalue weighted by Gasteiger charge is -2.21. The Morgan fingerprint density at radius 3 is 2.40 bits per heavy atom. The minimum absolute atomic E-state index is 0.190. The maximum Gasteiger partial charge on any atom is 0.416 e. The zero-order valence-corrected chi connectivity index (χ0v) is 11.5. The third kappa shape index (κ3) is 2.70. The molecule has 0 spiro atoms. The second-order valence-electron chi connectivity index (χ2n) is 5.37. The van der Waals surface area contributed by atoms with Crippen LogP contribution in [-0.4, -0.2) is 9.55 Å². The van der Waals surface area contributed by atoms with Crippen LogP contribution in [0.4, 0.5) is 13.2 Å². The van der Waals surface area contributed by atoms with Crippen molar-refractivity contribution < 1.29 is 13.2 Å². The van der Waals surface area contributed by atoms with E-state index < -0.39 is 17.3 Å². The minimum atomic E-state index is -4.38. The Morgan fingerprint density at radius 1 is 1.20 bits per heavy atom. The van der Waals surface area contributed by atoms with Crippen LogP contribution < -0.4 is 5.73 Å². The molecule has 108 valence electrons. The fraction of sp³-hybridized carbons (Fsp3) is 0.357. The van der Waals surface area contributed by atoms with Gasteiger partial charge in [-0.1, -0.05) is 6.07 Å². The van der Waals surface area contributed by atoms with E-state index in [4.69, 9.17) is 5.73 Å². The second-order valence-corrected chi connectivity index (χ2v) is 5.37. The molecule has 2 aromatic rings. The average Bonchev–Trinajstić information content (AvgIpc) is 2.76. The number of imidazole rings is 1. The van der Waals surface area contributed by atoms with Gasteiger partial charge in [-0.25, -0.2) is 4.98 Å².